The summed E-state index contributed by atoms with van der Waals surface area (Å²) in [5.41, 5.74) is 8.11. The predicted octanol–water partition coefficient (Wildman–Crippen LogP) is -0.724. The third-order valence-electron chi connectivity index (χ3n) is 4.43. The van der Waals surface area contributed by atoms with E-state index in [9.17, 15) is 20.1 Å². The van der Waals surface area contributed by atoms with E-state index in [1.54, 1.807) is 6.92 Å². The molecule has 4 unspecified atom stereocenters. The minimum absolute atomic E-state index is 0.0750. The van der Waals surface area contributed by atoms with Crippen LogP contribution in [0, 0.1) is 5.92 Å². The Labute approximate surface area is 163 Å². The van der Waals surface area contributed by atoms with Crippen LogP contribution < -0.4 is 5.32 Å². The number of amides is 1. The van der Waals surface area contributed by atoms with Gasteiger partial charge in [0.25, 0.3) is 11.7 Å². The van der Waals surface area contributed by atoms with E-state index in [0.29, 0.717) is 19.8 Å². The number of ether oxygens (including phenoxy) is 4. The molecule has 0 aliphatic carbocycles. The van der Waals surface area contributed by atoms with E-state index in [1.165, 1.54) is 7.11 Å². The highest BCUT2D eigenvalue weighted by molar-refractivity contribution is 5.83. The number of hydrogen-bond donors (Lipinski definition) is 4. The first-order valence-electron chi connectivity index (χ1n) is 9.08. The summed E-state index contributed by atoms with van der Waals surface area (Å²) in [7, 11) is 1.29. The predicted molar refractivity (Wildman–Crippen MR) is 95.9 cm³/mol. The highest BCUT2D eigenvalue weighted by Gasteiger charge is 2.50. The van der Waals surface area contributed by atoms with Crippen LogP contribution >= 0.6 is 0 Å². The van der Waals surface area contributed by atoms with Crippen LogP contribution in [0.15, 0.2) is 5.11 Å². The Morgan fingerprint density at radius 2 is 2.04 bits per heavy atom. The molecule has 162 valence electrons. The van der Waals surface area contributed by atoms with Crippen LogP contribution in [-0.4, -0.2) is 92.1 Å². The number of rotatable bonds is 13. The minimum atomic E-state index is -1.71. The van der Waals surface area contributed by atoms with Crippen molar-refractivity contribution >= 4 is 5.91 Å². The molecule has 1 heterocycles. The van der Waals surface area contributed by atoms with Crippen LogP contribution in [0.3, 0.4) is 0 Å². The SMILES string of the molecule is COC1(C(=O)NCCOCCOCCN=[N+]=[N-])CC(O)C(C)C(CC(O)O)O1. The Morgan fingerprint density at radius 1 is 1.36 bits per heavy atom. The zero-order valence-electron chi connectivity index (χ0n) is 16.2. The number of nitrogens with one attached hydrogen (secondary N) is 1. The quantitative estimate of drug-likeness (QED) is 0.102. The molecule has 1 saturated heterocycles. The molecular weight excluding hydrogens is 376 g/mol. The largest absolute Gasteiger partial charge is 0.393 e. The number of aliphatic hydroxyl groups excluding tert-OH is 2. The summed E-state index contributed by atoms with van der Waals surface area (Å²) >= 11 is 0. The van der Waals surface area contributed by atoms with Gasteiger partial charge in [-0.15, -0.1) is 0 Å². The van der Waals surface area contributed by atoms with Gasteiger partial charge in [0, 0.05) is 43.9 Å². The zero-order valence-corrected chi connectivity index (χ0v) is 16.2. The van der Waals surface area contributed by atoms with Gasteiger partial charge in [0.15, 0.2) is 6.29 Å². The molecule has 0 radical (unpaired) electrons. The topological polar surface area (TPSA) is 175 Å². The monoisotopic (exact) mass is 406 g/mol. The molecule has 12 nitrogen and oxygen atoms in total. The number of methoxy groups -OCH3 is 1. The van der Waals surface area contributed by atoms with E-state index in [1.807, 2.05) is 0 Å². The fourth-order valence-electron chi connectivity index (χ4n) is 2.79. The minimum Gasteiger partial charge on any atom is -0.393 e. The molecule has 0 saturated carbocycles. The average Bonchev–Trinajstić information content (AvgIpc) is 2.66. The third kappa shape index (κ3) is 7.86. The van der Waals surface area contributed by atoms with E-state index in [4.69, 9.17) is 24.5 Å². The second-order valence-corrected chi connectivity index (χ2v) is 6.40. The normalized spacial score (nSPS) is 27.4. The van der Waals surface area contributed by atoms with Gasteiger partial charge in [0.1, 0.15) is 0 Å². The Morgan fingerprint density at radius 3 is 2.64 bits per heavy atom. The molecule has 0 aromatic rings. The maximum Gasteiger partial charge on any atom is 0.280 e. The van der Waals surface area contributed by atoms with E-state index < -0.39 is 30.2 Å². The standard InChI is InChI=1S/C16H30N4O8/c1-11-12(21)10-16(25-2,28-13(11)9-14(22)23)15(24)18-3-5-26-7-8-27-6-4-19-20-17/h11-14,21-23H,3-10H2,1-2H3,(H,18,24). The summed E-state index contributed by atoms with van der Waals surface area (Å²) in [6, 6.07) is 0. The molecule has 4 N–H and O–H groups in total. The maximum atomic E-state index is 12.6. The molecule has 28 heavy (non-hydrogen) atoms. The van der Waals surface area contributed by atoms with Crippen LogP contribution in [-0.2, 0) is 23.7 Å². The molecule has 1 amide bonds. The average molecular weight is 406 g/mol. The highest BCUT2D eigenvalue weighted by Crippen LogP contribution is 2.35. The van der Waals surface area contributed by atoms with Crippen molar-refractivity contribution < 1.29 is 39.1 Å². The van der Waals surface area contributed by atoms with E-state index in [-0.39, 0.29) is 38.5 Å². The van der Waals surface area contributed by atoms with Crippen LogP contribution in [0.1, 0.15) is 19.8 Å². The molecule has 1 aliphatic heterocycles. The van der Waals surface area contributed by atoms with Gasteiger partial charge in [-0.25, -0.2) is 0 Å². The number of carbonyl (C=O) groups is 1. The second-order valence-electron chi connectivity index (χ2n) is 6.40. The van der Waals surface area contributed by atoms with Gasteiger partial charge < -0.3 is 39.6 Å². The van der Waals surface area contributed by atoms with Crippen molar-refractivity contribution in [2.24, 2.45) is 11.0 Å². The fourth-order valence-corrected chi connectivity index (χ4v) is 2.79. The van der Waals surface area contributed by atoms with Crippen LogP contribution in [0.5, 0.6) is 0 Å². The number of nitrogens with zero attached hydrogens (tertiary/aromatic N) is 3. The van der Waals surface area contributed by atoms with Crippen molar-refractivity contribution in [2.75, 3.05) is 46.6 Å². The van der Waals surface area contributed by atoms with Gasteiger partial charge in [0.2, 0.25) is 0 Å². The lowest BCUT2D eigenvalue weighted by Gasteiger charge is -2.44. The highest BCUT2D eigenvalue weighted by atomic mass is 16.7. The summed E-state index contributed by atoms with van der Waals surface area (Å²) in [6.07, 6.45) is -3.51. The van der Waals surface area contributed by atoms with Crippen molar-refractivity contribution in [2.45, 2.75) is 44.1 Å². The third-order valence-corrected chi connectivity index (χ3v) is 4.43. The number of carbonyl (C=O) groups excluding carboxylic acids is 1. The molecule has 12 heteroatoms. The Bertz CT molecular complexity index is 517. The smallest absolute Gasteiger partial charge is 0.280 e. The molecular formula is C16H30N4O8. The fraction of sp³-hybridized carbons (Fsp3) is 0.938. The van der Waals surface area contributed by atoms with Crippen molar-refractivity contribution in [3.63, 3.8) is 0 Å². The van der Waals surface area contributed by atoms with Gasteiger partial charge in [-0.1, -0.05) is 12.0 Å². The lowest BCUT2D eigenvalue weighted by Crippen LogP contribution is -2.60. The van der Waals surface area contributed by atoms with Crippen molar-refractivity contribution in [3.8, 4) is 0 Å². The Kier molecular flexibility index (Phi) is 11.3. The van der Waals surface area contributed by atoms with Crippen LogP contribution in [0.4, 0.5) is 0 Å². The van der Waals surface area contributed by atoms with E-state index in [0.717, 1.165) is 0 Å². The van der Waals surface area contributed by atoms with Crippen LogP contribution in [0.2, 0.25) is 0 Å². The first kappa shape index (κ1) is 24.5. The van der Waals surface area contributed by atoms with Gasteiger partial charge in [-0.3, -0.25) is 4.79 Å². The number of hydrogen-bond acceptors (Lipinski definition) is 9. The van der Waals surface area contributed by atoms with Gasteiger partial charge in [-0.2, -0.15) is 0 Å². The van der Waals surface area contributed by atoms with E-state index in [2.05, 4.69) is 15.3 Å². The molecule has 0 spiro atoms. The second kappa shape index (κ2) is 12.9. The van der Waals surface area contributed by atoms with Crippen molar-refractivity contribution in [1.29, 1.82) is 0 Å². The van der Waals surface area contributed by atoms with Gasteiger partial charge >= 0.3 is 0 Å². The Hall–Kier alpha value is -1.50. The molecule has 1 fully saturated rings. The first-order chi connectivity index (χ1) is 13.4. The molecule has 1 aliphatic rings. The maximum absolute atomic E-state index is 12.6. The Balaban J connectivity index is 2.38. The summed E-state index contributed by atoms with van der Waals surface area (Å²) in [6.45, 7) is 3.32. The molecule has 4 atom stereocenters. The number of azide groups is 1. The van der Waals surface area contributed by atoms with Gasteiger partial charge in [0.05, 0.1) is 38.6 Å². The molecule has 0 aromatic carbocycles. The number of aliphatic hydroxyl groups is 3. The lowest BCUT2D eigenvalue weighted by atomic mass is 9.86. The van der Waals surface area contributed by atoms with E-state index >= 15 is 0 Å². The summed E-state index contributed by atoms with van der Waals surface area (Å²) in [4.78, 5) is 15.2. The summed E-state index contributed by atoms with van der Waals surface area (Å²) in [5.74, 6) is -2.68. The molecule has 0 aromatic heterocycles. The molecule has 0 bridgehead atoms. The zero-order chi connectivity index (χ0) is 21.0. The molecule has 1 rings (SSSR count). The van der Waals surface area contributed by atoms with Gasteiger partial charge in [-0.05, 0) is 5.53 Å². The van der Waals surface area contributed by atoms with Crippen LogP contribution in [0.25, 0.3) is 10.4 Å². The first-order valence-corrected chi connectivity index (χ1v) is 9.08. The summed E-state index contributed by atoms with van der Waals surface area (Å²) in [5, 5.41) is 34.6. The van der Waals surface area contributed by atoms with Crippen molar-refractivity contribution in [1.82, 2.24) is 5.32 Å². The summed E-state index contributed by atoms with van der Waals surface area (Å²) < 4.78 is 21.5. The lowest BCUT2D eigenvalue weighted by molar-refractivity contribution is -0.291. The van der Waals surface area contributed by atoms with Crippen molar-refractivity contribution in [3.05, 3.63) is 10.4 Å².